The first-order valence-corrected chi connectivity index (χ1v) is 11.1. The molecule has 2 aromatic carbocycles. The normalized spacial score (nSPS) is 15.0. The summed E-state index contributed by atoms with van der Waals surface area (Å²) in [4.78, 5) is 35.5. The lowest BCUT2D eigenvalue weighted by Gasteiger charge is -2.12. The number of nitrogens with zero attached hydrogens (tertiary/aromatic N) is 1. The molecule has 1 heterocycles. The molecule has 3 amide bonds. The molecule has 10 heteroatoms. The molecule has 0 unspecified atom stereocenters. The molecule has 0 bridgehead atoms. The summed E-state index contributed by atoms with van der Waals surface area (Å²) in [7, 11) is 0. The number of hydrogen-bond acceptors (Lipinski definition) is 4. The third kappa shape index (κ3) is 5.48. The van der Waals surface area contributed by atoms with E-state index in [9.17, 15) is 14.4 Å². The molecule has 29 heavy (non-hydrogen) atoms. The lowest BCUT2D eigenvalue weighted by Crippen LogP contribution is -2.35. The van der Waals surface area contributed by atoms with Crippen LogP contribution in [0.15, 0.2) is 46.6 Å². The standard InChI is InChI=1S/C19H13BrI2N2O5/c20-12-3-1-10(2-4-12)9-29-17-13(21)5-11(6-14(17)22)7-15-18(27)24(8-16(25)26)19(28)23-15/h1-7H,8-9H2,(H,23,28)(H,25,26)/b15-7+. The summed E-state index contributed by atoms with van der Waals surface area (Å²) >= 11 is 7.70. The van der Waals surface area contributed by atoms with E-state index in [4.69, 9.17) is 9.84 Å². The number of ether oxygens (including phenoxy) is 1. The van der Waals surface area contributed by atoms with Crippen molar-refractivity contribution in [3.05, 3.63) is 64.8 Å². The van der Waals surface area contributed by atoms with Crippen LogP contribution in [0.2, 0.25) is 0 Å². The van der Waals surface area contributed by atoms with Crippen LogP contribution in [0.3, 0.4) is 0 Å². The summed E-state index contributed by atoms with van der Waals surface area (Å²) in [5.41, 5.74) is 1.76. The third-order valence-corrected chi connectivity index (χ3v) is 6.01. The Kier molecular flexibility index (Phi) is 7.16. The van der Waals surface area contributed by atoms with E-state index in [0.717, 1.165) is 22.9 Å². The number of imide groups is 1. The van der Waals surface area contributed by atoms with Gasteiger partial charge in [0.25, 0.3) is 5.91 Å². The van der Waals surface area contributed by atoms with Gasteiger partial charge in [0.1, 0.15) is 24.6 Å². The van der Waals surface area contributed by atoms with Gasteiger partial charge >= 0.3 is 12.0 Å². The Morgan fingerprint density at radius 2 is 1.79 bits per heavy atom. The van der Waals surface area contributed by atoms with Crippen molar-refractivity contribution in [2.24, 2.45) is 0 Å². The van der Waals surface area contributed by atoms with Crippen molar-refractivity contribution in [3.8, 4) is 5.75 Å². The number of rotatable bonds is 6. The molecule has 2 aromatic rings. The predicted octanol–water partition coefficient (Wildman–Crippen LogP) is 4.21. The molecular formula is C19H13BrI2N2O5. The zero-order chi connectivity index (χ0) is 21.1. The van der Waals surface area contributed by atoms with Crippen molar-refractivity contribution in [2.45, 2.75) is 6.61 Å². The molecule has 0 atom stereocenters. The van der Waals surface area contributed by atoms with E-state index in [1.54, 1.807) is 0 Å². The molecule has 150 valence electrons. The number of halogens is 3. The minimum absolute atomic E-state index is 0.0337. The number of hydrogen-bond donors (Lipinski definition) is 2. The predicted molar refractivity (Wildman–Crippen MR) is 126 cm³/mol. The first-order chi connectivity index (χ1) is 13.7. The topological polar surface area (TPSA) is 95.9 Å². The smallest absolute Gasteiger partial charge is 0.329 e. The molecule has 1 fully saturated rings. The summed E-state index contributed by atoms with van der Waals surface area (Å²) in [6.07, 6.45) is 1.52. The van der Waals surface area contributed by atoms with E-state index in [1.807, 2.05) is 36.4 Å². The summed E-state index contributed by atoms with van der Waals surface area (Å²) < 4.78 is 8.64. The Balaban J connectivity index is 1.77. The number of aliphatic carboxylic acids is 1. The van der Waals surface area contributed by atoms with Gasteiger partial charge in [-0.3, -0.25) is 9.59 Å². The van der Waals surface area contributed by atoms with Gasteiger partial charge in [0.15, 0.2) is 0 Å². The second-order valence-electron chi connectivity index (χ2n) is 6.00. The molecule has 3 rings (SSSR count). The molecule has 1 saturated heterocycles. The maximum Gasteiger partial charge on any atom is 0.329 e. The zero-order valence-corrected chi connectivity index (χ0v) is 20.5. The maximum atomic E-state index is 12.3. The molecule has 1 aliphatic rings. The fraction of sp³-hybridized carbons (Fsp3) is 0.105. The van der Waals surface area contributed by atoms with Gasteiger partial charge in [0.05, 0.1) is 7.14 Å². The SMILES string of the molecule is O=C(O)CN1C(=O)N/C(=C/c2cc(I)c(OCc3ccc(Br)cc3)c(I)c2)C1=O. The van der Waals surface area contributed by atoms with Crippen molar-refractivity contribution in [2.75, 3.05) is 6.54 Å². The average Bonchev–Trinajstić information content (AvgIpc) is 2.89. The molecule has 0 aliphatic carbocycles. The molecule has 0 radical (unpaired) electrons. The Bertz CT molecular complexity index is 1000. The van der Waals surface area contributed by atoms with Crippen LogP contribution < -0.4 is 10.1 Å². The highest BCUT2D eigenvalue weighted by atomic mass is 127. The van der Waals surface area contributed by atoms with Gasteiger partial charge in [-0.15, -0.1) is 0 Å². The molecular weight excluding hydrogens is 670 g/mol. The zero-order valence-electron chi connectivity index (χ0n) is 14.6. The van der Waals surface area contributed by atoms with Crippen molar-refractivity contribution >= 4 is 85.1 Å². The van der Waals surface area contributed by atoms with E-state index in [1.165, 1.54) is 6.08 Å². The summed E-state index contributed by atoms with van der Waals surface area (Å²) in [5, 5.41) is 11.2. The Hall–Kier alpha value is -1.67. The van der Waals surface area contributed by atoms with Gasteiger partial charge in [-0.25, -0.2) is 9.69 Å². The lowest BCUT2D eigenvalue weighted by molar-refractivity contribution is -0.140. The van der Waals surface area contributed by atoms with Crippen LogP contribution in [-0.4, -0.2) is 34.5 Å². The molecule has 0 aromatic heterocycles. The second kappa shape index (κ2) is 9.43. The van der Waals surface area contributed by atoms with Crippen LogP contribution in [0.25, 0.3) is 6.08 Å². The van der Waals surface area contributed by atoms with E-state index in [-0.39, 0.29) is 5.70 Å². The monoisotopic (exact) mass is 682 g/mol. The van der Waals surface area contributed by atoms with Crippen LogP contribution in [0, 0.1) is 7.14 Å². The van der Waals surface area contributed by atoms with Crippen molar-refractivity contribution in [3.63, 3.8) is 0 Å². The number of carbonyl (C=O) groups is 3. The van der Waals surface area contributed by atoms with E-state index in [0.29, 0.717) is 17.1 Å². The number of carboxylic acid groups (broad SMARTS) is 1. The lowest BCUT2D eigenvalue weighted by atomic mass is 10.2. The Morgan fingerprint density at radius 1 is 1.17 bits per heavy atom. The molecule has 0 saturated carbocycles. The van der Waals surface area contributed by atoms with Gasteiger partial charge in [-0.1, -0.05) is 28.1 Å². The van der Waals surface area contributed by atoms with Gasteiger partial charge in [-0.2, -0.15) is 0 Å². The number of carboxylic acids is 1. The Labute approximate surface area is 201 Å². The summed E-state index contributed by atoms with van der Waals surface area (Å²) in [6, 6.07) is 10.7. The first-order valence-electron chi connectivity index (χ1n) is 8.17. The molecule has 0 spiro atoms. The fourth-order valence-electron chi connectivity index (χ4n) is 2.55. The molecule has 2 N–H and O–H groups in total. The molecule has 1 aliphatic heterocycles. The van der Waals surface area contributed by atoms with Crippen molar-refractivity contribution in [1.82, 2.24) is 10.2 Å². The van der Waals surface area contributed by atoms with E-state index >= 15 is 0 Å². The summed E-state index contributed by atoms with van der Waals surface area (Å²) in [6.45, 7) is -0.266. The minimum Gasteiger partial charge on any atom is -0.487 e. The van der Waals surface area contributed by atoms with Gasteiger partial charge in [-0.05, 0) is 86.7 Å². The molecule has 7 nitrogen and oxygen atoms in total. The van der Waals surface area contributed by atoms with Crippen LogP contribution >= 0.6 is 61.1 Å². The highest BCUT2D eigenvalue weighted by Gasteiger charge is 2.34. The van der Waals surface area contributed by atoms with Crippen LogP contribution in [-0.2, 0) is 16.2 Å². The van der Waals surface area contributed by atoms with Crippen LogP contribution in [0.1, 0.15) is 11.1 Å². The Morgan fingerprint density at radius 3 is 2.38 bits per heavy atom. The average molecular weight is 683 g/mol. The van der Waals surface area contributed by atoms with Crippen molar-refractivity contribution in [1.29, 1.82) is 0 Å². The maximum absolute atomic E-state index is 12.3. The highest BCUT2D eigenvalue weighted by Crippen LogP contribution is 2.31. The number of nitrogens with one attached hydrogen (secondary N) is 1. The van der Waals surface area contributed by atoms with E-state index in [2.05, 4.69) is 66.4 Å². The number of benzene rings is 2. The quantitative estimate of drug-likeness (QED) is 0.271. The van der Waals surface area contributed by atoms with Crippen LogP contribution in [0.4, 0.5) is 4.79 Å². The van der Waals surface area contributed by atoms with Gasteiger partial charge < -0.3 is 15.2 Å². The van der Waals surface area contributed by atoms with Gasteiger partial charge in [0.2, 0.25) is 0 Å². The number of amides is 3. The minimum atomic E-state index is -1.26. The van der Waals surface area contributed by atoms with Gasteiger partial charge in [0, 0.05) is 4.47 Å². The van der Waals surface area contributed by atoms with Crippen LogP contribution in [0.5, 0.6) is 5.75 Å². The van der Waals surface area contributed by atoms with Crippen molar-refractivity contribution < 1.29 is 24.2 Å². The third-order valence-electron chi connectivity index (χ3n) is 3.88. The number of carbonyl (C=O) groups excluding carboxylic acids is 2. The largest absolute Gasteiger partial charge is 0.487 e. The highest BCUT2D eigenvalue weighted by molar-refractivity contribution is 14.1. The van der Waals surface area contributed by atoms with E-state index < -0.39 is 24.5 Å². The first kappa shape index (κ1) is 22.0. The summed E-state index contributed by atoms with van der Waals surface area (Å²) in [5.74, 6) is -1.20. The number of urea groups is 1. The second-order valence-corrected chi connectivity index (χ2v) is 9.24. The fourth-order valence-corrected chi connectivity index (χ4v) is 4.95.